The summed E-state index contributed by atoms with van der Waals surface area (Å²) < 4.78 is 0.968. The maximum Gasteiger partial charge on any atom is 0.253 e. The van der Waals surface area contributed by atoms with Gasteiger partial charge in [0.1, 0.15) is 0 Å². The number of carbonyl (C=O) groups excluding carboxylic acids is 2. The number of amides is 2. The lowest BCUT2D eigenvalue weighted by molar-refractivity contribution is -0.138. The van der Waals surface area contributed by atoms with Crippen LogP contribution in [0, 0.1) is 5.92 Å². The highest BCUT2D eigenvalue weighted by Crippen LogP contribution is 2.25. The molecule has 2 amide bonds. The van der Waals surface area contributed by atoms with E-state index in [-0.39, 0.29) is 17.7 Å². The Bertz CT molecular complexity index is 676. The molecule has 2 heterocycles. The SMILES string of the molecule is CC(C)N1CCC(N(C)C(=O)C2CCN(C(=O)c3ccc(Br)cc3)CC2)CC1. The first-order valence-electron chi connectivity index (χ1n) is 10.4. The molecule has 0 N–H and O–H groups in total. The summed E-state index contributed by atoms with van der Waals surface area (Å²) >= 11 is 3.40. The highest BCUT2D eigenvalue weighted by atomic mass is 79.9. The van der Waals surface area contributed by atoms with Crippen LogP contribution in [0.3, 0.4) is 0 Å². The lowest BCUT2D eigenvalue weighted by Crippen LogP contribution is -2.50. The molecule has 0 aliphatic carbocycles. The first kappa shape index (κ1) is 21.3. The fourth-order valence-corrected chi connectivity index (χ4v) is 4.63. The van der Waals surface area contributed by atoms with E-state index in [1.54, 1.807) is 0 Å². The molecule has 0 bridgehead atoms. The molecule has 28 heavy (non-hydrogen) atoms. The molecule has 1 aromatic carbocycles. The summed E-state index contributed by atoms with van der Waals surface area (Å²) in [4.78, 5) is 32.0. The van der Waals surface area contributed by atoms with Crippen LogP contribution in [-0.4, -0.2) is 71.8 Å². The molecule has 0 saturated carbocycles. The van der Waals surface area contributed by atoms with Gasteiger partial charge in [0.2, 0.25) is 5.91 Å². The van der Waals surface area contributed by atoms with Crippen LogP contribution in [0.1, 0.15) is 49.9 Å². The zero-order chi connectivity index (χ0) is 20.3. The molecule has 0 unspecified atom stereocenters. The van der Waals surface area contributed by atoms with Crippen molar-refractivity contribution in [1.82, 2.24) is 14.7 Å². The average Bonchev–Trinajstić information content (AvgIpc) is 2.73. The van der Waals surface area contributed by atoms with Gasteiger partial charge in [-0.05, 0) is 63.8 Å². The van der Waals surface area contributed by atoms with Gasteiger partial charge in [0, 0.05) is 61.3 Å². The monoisotopic (exact) mass is 449 g/mol. The number of hydrogen-bond donors (Lipinski definition) is 0. The third kappa shape index (κ3) is 4.95. The minimum atomic E-state index is 0.0436. The number of carbonyl (C=O) groups is 2. The largest absolute Gasteiger partial charge is 0.342 e. The minimum absolute atomic E-state index is 0.0436. The second-order valence-corrected chi connectivity index (χ2v) is 9.30. The molecule has 0 spiro atoms. The molecule has 0 aromatic heterocycles. The number of piperidine rings is 2. The molecule has 2 aliphatic rings. The summed E-state index contributed by atoms with van der Waals surface area (Å²) in [6, 6.07) is 8.41. The third-order valence-electron chi connectivity index (χ3n) is 6.35. The Hall–Kier alpha value is -1.40. The molecule has 154 valence electrons. The van der Waals surface area contributed by atoms with Crippen LogP contribution in [0.25, 0.3) is 0 Å². The van der Waals surface area contributed by atoms with Crippen LogP contribution in [0.4, 0.5) is 0 Å². The van der Waals surface area contributed by atoms with Gasteiger partial charge in [-0.3, -0.25) is 9.59 Å². The maximum absolute atomic E-state index is 13.0. The Morgan fingerprint density at radius 2 is 1.57 bits per heavy atom. The van der Waals surface area contributed by atoms with E-state index in [9.17, 15) is 9.59 Å². The average molecular weight is 450 g/mol. The Balaban J connectivity index is 1.49. The number of hydrogen-bond acceptors (Lipinski definition) is 3. The van der Waals surface area contributed by atoms with E-state index in [4.69, 9.17) is 0 Å². The Labute approximate surface area is 177 Å². The van der Waals surface area contributed by atoms with Crippen LogP contribution in [-0.2, 0) is 4.79 Å². The van der Waals surface area contributed by atoms with Crippen molar-refractivity contribution >= 4 is 27.7 Å². The topological polar surface area (TPSA) is 43.9 Å². The van der Waals surface area contributed by atoms with Crippen molar-refractivity contribution in [2.45, 2.75) is 51.6 Å². The minimum Gasteiger partial charge on any atom is -0.342 e. The summed E-state index contributed by atoms with van der Waals surface area (Å²) in [7, 11) is 1.97. The van der Waals surface area contributed by atoms with Crippen molar-refractivity contribution in [3.63, 3.8) is 0 Å². The van der Waals surface area contributed by atoms with E-state index in [0.29, 0.717) is 30.7 Å². The van der Waals surface area contributed by atoms with Crippen molar-refractivity contribution in [2.24, 2.45) is 5.92 Å². The molecule has 6 heteroatoms. The van der Waals surface area contributed by atoms with Gasteiger partial charge in [-0.1, -0.05) is 15.9 Å². The molecule has 2 fully saturated rings. The van der Waals surface area contributed by atoms with Crippen LogP contribution >= 0.6 is 15.9 Å². The first-order valence-corrected chi connectivity index (χ1v) is 11.2. The molecular weight excluding hydrogens is 418 g/mol. The number of rotatable bonds is 4. The van der Waals surface area contributed by atoms with Crippen LogP contribution in [0.2, 0.25) is 0 Å². The van der Waals surface area contributed by atoms with Crippen LogP contribution in [0.5, 0.6) is 0 Å². The first-order chi connectivity index (χ1) is 13.4. The highest BCUT2D eigenvalue weighted by Gasteiger charge is 2.33. The second-order valence-electron chi connectivity index (χ2n) is 8.38. The Morgan fingerprint density at radius 3 is 2.11 bits per heavy atom. The van der Waals surface area contributed by atoms with Crippen LogP contribution < -0.4 is 0 Å². The van der Waals surface area contributed by atoms with Crippen molar-refractivity contribution in [2.75, 3.05) is 33.2 Å². The molecule has 2 aliphatic heterocycles. The van der Waals surface area contributed by atoms with E-state index in [0.717, 1.165) is 43.2 Å². The van der Waals surface area contributed by atoms with Gasteiger partial charge in [0.05, 0.1) is 0 Å². The predicted molar refractivity (Wildman–Crippen MR) is 115 cm³/mol. The van der Waals surface area contributed by atoms with Gasteiger partial charge >= 0.3 is 0 Å². The number of benzene rings is 1. The quantitative estimate of drug-likeness (QED) is 0.704. The van der Waals surface area contributed by atoms with Gasteiger partial charge in [-0.15, -0.1) is 0 Å². The number of nitrogens with zero attached hydrogens (tertiary/aromatic N) is 3. The van der Waals surface area contributed by atoms with E-state index in [1.807, 2.05) is 41.1 Å². The van der Waals surface area contributed by atoms with Crippen molar-refractivity contribution < 1.29 is 9.59 Å². The Kier molecular flexibility index (Phi) is 7.15. The molecule has 5 nitrogen and oxygen atoms in total. The summed E-state index contributed by atoms with van der Waals surface area (Å²) in [5.74, 6) is 0.369. The fourth-order valence-electron chi connectivity index (χ4n) is 4.36. The van der Waals surface area contributed by atoms with E-state index < -0.39 is 0 Å². The van der Waals surface area contributed by atoms with Gasteiger partial charge in [-0.25, -0.2) is 0 Å². The molecule has 1 aromatic rings. The summed E-state index contributed by atoms with van der Waals surface area (Å²) in [5.41, 5.74) is 0.710. The maximum atomic E-state index is 13.0. The van der Waals surface area contributed by atoms with Crippen molar-refractivity contribution in [3.8, 4) is 0 Å². The standard InChI is InChI=1S/C22H32BrN3O2/c1-16(2)25-14-10-20(11-15-25)24(3)21(27)18-8-12-26(13-9-18)22(28)17-4-6-19(23)7-5-17/h4-7,16,18,20H,8-15H2,1-3H3. The normalized spacial score (nSPS) is 19.8. The molecule has 0 radical (unpaired) electrons. The van der Waals surface area contributed by atoms with E-state index in [1.165, 1.54) is 0 Å². The van der Waals surface area contributed by atoms with Gasteiger partial charge < -0.3 is 14.7 Å². The molecule has 3 rings (SSSR count). The summed E-state index contributed by atoms with van der Waals surface area (Å²) in [6.07, 6.45) is 3.63. The lowest BCUT2D eigenvalue weighted by Gasteiger charge is -2.40. The zero-order valence-electron chi connectivity index (χ0n) is 17.2. The molecule has 2 saturated heterocycles. The van der Waals surface area contributed by atoms with E-state index in [2.05, 4.69) is 34.7 Å². The lowest BCUT2D eigenvalue weighted by atomic mass is 9.93. The predicted octanol–water partition coefficient (Wildman–Crippen LogP) is 3.63. The van der Waals surface area contributed by atoms with Gasteiger partial charge in [0.25, 0.3) is 5.91 Å². The van der Waals surface area contributed by atoms with Crippen molar-refractivity contribution in [3.05, 3.63) is 34.3 Å². The third-order valence-corrected chi connectivity index (χ3v) is 6.88. The van der Waals surface area contributed by atoms with Gasteiger partial charge in [-0.2, -0.15) is 0 Å². The fraction of sp³-hybridized carbons (Fsp3) is 0.636. The Morgan fingerprint density at radius 1 is 1.00 bits per heavy atom. The van der Waals surface area contributed by atoms with Gasteiger partial charge in [0.15, 0.2) is 0 Å². The summed E-state index contributed by atoms with van der Waals surface area (Å²) in [6.45, 7) is 7.92. The smallest absolute Gasteiger partial charge is 0.253 e. The molecular formula is C22H32BrN3O2. The second kappa shape index (κ2) is 9.40. The number of halogens is 1. The molecule has 0 atom stereocenters. The van der Waals surface area contributed by atoms with E-state index >= 15 is 0 Å². The summed E-state index contributed by atoms with van der Waals surface area (Å²) in [5, 5.41) is 0. The van der Waals surface area contributed by atoms with Crippen molar-refractivity contribution in [1.29, 1.82) is 0 Å². The number of likely N-dealkylation sites (tertiary alicyclic amines) is 2. The highest BCUT2D eigenvalue weighted by molar-refractivity contribution is 9.10. The zero-order valence-corrected chi connectivity index (χ0v) is 18.8. The van der Waals surface area contributed by atoms with Crippen LogP contribution in [0.15, 0.2) is 28.7 Å².